The second kappa shape index (κ2) is 8.31. The molecule has 26 heavy (non-hydrogen) atoms. The third-order valence-electron chi connectivity index (χ3n) is 4.06. The molecule has 0 unspecified atom stereocenters. The molecule has 1 fully saturated rings. The maximum atomic E-state index is 12.2. The molecule has 6 nitrogen and oxygen atoms in total. The third kappa shape index (κ3) is 5.38. The van der Waals surface area contributed by atoms with Crippen LogP contribution in [0.2, 0.25) is 5.02 Å². The lowest BCUT2D eigenvalue weighted by atomic mass is 10.0. The topological polar surface area (TPSA) is 81.7 Å². The third-order valence-corrected chi connectivity index (χ3v) is 6.24. The highest BCUT2D eigenvalue weighted by Gasteiger charge is 2.39. The second-order valence-electron chi connectivity index (χ2n) is 6.61. The summed E-state index contributed by atoms with van der Waals surface area (Å²) >= 11 is 6.25. The van der Waals surface area contributed by atoms with Crippen molar-refractivity contribution in [3.05, 3.63) is 28.8 Å². The number of sulfone groups is 1. The van der Waals surface area contributed by atoms with Crippen LogP contribution in [-0.2, 0) is 14.6 Å². The van der Waals surface area contributed by atoms with Crippen molar-refractivity contribution in [1.29, 1.82) is 0 Å². The van der Waals surface area contributed by atoms with Gasteiger partial charge in [0.05, 0.1) is 35.8 Å². The van der Waals surface area contributed by atoms with Crippen LogP contribution in [0.15, 0.2) is 18.2 Å². The molecular formula is C18H24ClNO5S. The van der Waals surface area contributed by atoms with E-state index in [1.807, 2.05) is 6.92 Å². The predicted molar refractivity (Wildman–Crippen MR) is 103 cm³/mol. The molecule has 144 valence electrons. The number of benzene rings is 1. The van der Waals surface area contributed by atoms with Crippen molar-refractivity contribution < 1.29 is 22.7 Å². The first kappa shape index (κ1) is 20.6. The van der Waals surface area contributed by atoms with Gasteiger partial charge < -0.3 is 14.8 Å². The number of methoxy groups -OCH3 is 1. The lowest BCUT2D eigenvalue weighted by Crippen LogP contribution is -2.46. The van der Waals surface area contributed by atoms with Gasteiger partial charge in [-0.2, -0.15) is 0 Å². The van der Waals surface area contributed by atoms with Crippen LogP contribution in [0, 0.1) is 0 Å². The highest BCUT2D eigenvalue weighted by Crippen LogP contribution is 2.36. The number of nitrogens with one attached hydrogen (secondary N) is 1. The van der Waals surface area contributed by atoms with Gasteiger partial charge in [0.15, 0.2) is 21.3 Å². The van der Waals surface area contributed by atoms with Crippen molar-refractivity contribution in [3.63, 3.8) is 0 Å². The Balaban J connectivity index is 2.10. The first-order valence-electron chi connectivity index (χ1n) is 8.39. The largest absolute Gasteiger partial charge is 0.493 e. The zero-order valence-corrected chi connectivity index (χ0v) is 16.7. The summed E-state index contributed by atoms with van der Waals surface area (Å²) in [5, 5.41) is 3.16. The van der Waals surface area contributed by atoms with Gasteiger partial charge in [-0.15, -0.1) is 0 Å². The molecule has 2 rings (SSSR count). The highest BCUT2D eigenvalue weighted by atomic mass is 35.5. The summed E-state index contributed by atoms with van der Waals surface area (Å²) < 4.78 is 34.1. The van der Waals surface area contributed by atoms with Gasteiger partial charge in [0.1, 0.15) is 0 Å². The number of halogens is 1. The van der Waals surface area contributed by atoms with Gasteiger partial charge in [-0.1, -0.05) is 18.5 Å². The summed E-state index contributed by atoms with van der Waals surface area (Å²) in [5.74, 6) is 0.662. The fourth-order valence-electron chi connectivity index (χ4n) is 2.80. The molecule has 1 saturated heterocycles. The molecule has 1 heterocycles. The molecule has 1 aromatic rings. The number of carbonyl (C=O) groups excluding carboxylic acids is 1. The van der Waals surface area contributed by atoms with Crippen LogP contribution >= 0.6 is 11.6 Å². The van der Waals surface area contributed by atoms with Gasteiger partial charge in [-0.25, -0.2) is 8.42 Å². The monoisotopic (exact) mass is 401 g/mol. The average Bonchev–Trinajstić information content (AvgIpc) is 2.84. The molecule has 1 N–H and O–H groups in total. The molecule has 1 amide bonds. The Bertz CT molecular complexity index is 806. The fraction of sp³-hybridized carbons (Fsp3) is 0.500. The van der Waals surface area contributed by atoms with Crippen LogP contribution in [-0.4, -0.2) is 45.1 Å². The van der Waals surface area contributed by atoms with E-state index in [-0.39, 0.29) is 17.4 Å². The van der Waals surface area contributed by atoms with E-state index in [1.54, 1.807) is 25.1 Å². The smallest absolute Gasteiger partial charge is 0.244 e. The summed E-state index contributed by atoms with van der Waals surface area (Å²) in [6.45, 7) is 4.25. The number of carbonyl (C=O) groups is 1. The van der Waals surface area contributed by atoms with Gasteiger partial charge in [0.25, 0.3) is 0 Å². The summed E-state index contributed by atoms with van der Waals surface area (Å²) in [6, 6.07) is 3.41. The standard InChI is InChI=1S/C18H24ClNO5S/c1-4-8-25-17-14(19)10-13(11-15(17)24-3)5-6-16(21)20-18(2)7-9-26(22,23)12-18/h5-6,10-11H,4,7-9,12H2,1-3H3,(H,20,21)/b6-5+/t18-/m0/s1. The number of amides is 1. The van der Waals surface area contributed by atoms with Crippen LogP contribution in [0.3, 0.4) is 0 Å². The molecule has 1 aliphatic rings. The van der Waals surface area contributed by atoms with Crippen LogP contribution in [0.1, 0.15) is 32.3 Å². The molecule has 0 saturated carbocycles. The molecule has 1 atom stereocenters. The number of ether oxygens (including phenoxy) is 2. The van der Waals surface area contributed by atoms with E-state index in [1.165, 1.54) is 13.2 Å². The van der Waals surface area contributed by atoms with E-state index in [0.29, 0.717) is 35.1 Å². The Labute approximate surface area is 159 Å². The first-order valence-corrected chi connectivity index (χ1v) is 10.6. The average molecular weight is 402 g/mol. The molecule has 0 spiro atoms. The quantitative estimate of drug-likeness (QED) is 0.710. The normalized spacial score (nSPS) is 21.7. The SMILES string of the molecule is CCCOc1c(Cl)cc(/C=C/C(=O)N[C@@]2(C)CCS(=O)(=O)C2)cc1OC. The highest BCUT2D eigenvalue weighted by molar-refractivity contribution is 7.91. The predicted octanol–water partition coefficient (Wildman–Crippen LogP) is 2.84. The Morgan fingerprint density at radius 1 is 1.42 bits per heavy atom. The van der Waals surface area contributed by atoms with E-state index < -0.39 is 15.4 Å². The molecule has 0 aliphatic carbocycles. The Hall–Kier alpha value is -1.73. The van der Waals surface area contributed by atoms with Crippen molar-refractivity contribution >= 4 is 33.4 Å². The van der Waals surface area contributed by atoms with Gasteiger partial charge in [-0.05, 0) is 43.5 Å². The summed E-state index contributed by atoms with van der Waals surface area (Å²) in [5.41, 5.74) is -0.0528. The molecule has 8 heteroatoms. The molecule has 0 bridgehead atoms. The zero-order chi connectivity index (χ0) is 19.4. The van der Waals surface area contributed by atoms with Crippen molar-refractivity contribution in [2.24, 2.45) is 0 Å². The van der Waals surface area contributed by atoms with Crippen LogP contribution in [0.4, 0.5) is 0 Å². The minimum absolute atomic E-state index is 0.0390. The molecule has 1 aliphatic heterocycles. The van der Waals surface area contributed by atoms with E-state index >= 15 is 0 Å². The lowest BCUT2D eigenvalue weighted by molar-refractivity contribution is -0.117. The van der Waals surface area contributed by atoms with E-state index in [0.717, 1.165) is 6.42 Å². The van der Waals surface area contributed by atoms with Crippen molar-refractivity contribution in [1.82, 2.24) is 5.32 Å². The van der Waals surface area contributed by atoms with E-state index in [2.05, 4.69) is 5.32 Å². The zero-order valence-electron chi connectivity index (χ0n) is 15.2. The number of rotatable bonds is 7. The molecule has 0 aromatic heterocycles. The number of hydrogen-bond donors (Lipinski definition) is 1. The van der Waals surface area contributed by atoms with Gasteiger partial charge >= 0.3 is 0 Å². The second-order valence-corrected chi connectivity index (χ2v) is 9.20. The van der Waals surface area contributed by atoms with Gasteiger partial charge in [0.2, 0.25) is 5.91 Å². The maximum Gasteiger partial charge on any atom is 0.244 e. The van der Waals surface area contributed by atoms with E-state index in [4.69, 9.17) is 21.1 Å². The summed E-state index contributed by atoms with van der Waals surface area (Å²) in [4.78, 5) is 12.2. The molecular weight excluding hydrogens is 378 g/mol. The Morgan fingerprint density at radius 3 is 2.73 bits per heavy atom. The maximum absolute atomic E-state index is 12.2. The Kier molecular flexibility index (Phi) is 6.58. The summed E-state index contributed by atoms with van der Waals surface area (Å²) in [6.07, 6.45) is 4.21. The van der Waals surface area contributed by atoms with Crippen molar-refractivity contribution in [2.75, 3.05) is 25.2 Å². The van der Waals surface area contributed by atoms with Crippen LogP contribution < -0.4 is 14.8 Å². The van der Waals surface area contributed by atoms with Crippen LogP contribution in [0.25, 0.3) is 6.08 Å². The van der Waals surface area contributed by atoms with Crippen molar-refractivity contribution in [2.45, 2.75) is 32.2 Å². The van der Waals surface area contributed by atoms with Crippen molar-refractivity contribution in [3.8, 4) is 11.5 Å². The molecule has 1 aromatic carbocycles. The molecule has 0 radical (unpaired) electrons. The first-order chi connectivity index (χ1) is 12.2. The number of hydrogen-bond acceptors (Lipinski definition) is 5. The van der Waals surface area contributed by atoms with Gasteiger partial charge in [-0.3, -0.25) is 4.79 Å². The van der Waals surface area contributed by atoms with Gasteiger partial charge in [0, 0.05) is 6.08 Å². The lowest BCUT2D eigenvalue weighted by Gasteiger charge is -2.22. The fourth-order valence-corrected chi connectivity index (χ4v) is 5.17. The minimum Gasteiger partial charge on any atom is -0.493 e. The minimum atomic E-state index is -3.08. The van der Waals surface area contributed by atoms with Crippen LogP contribution in [0.5, 0.6) is 11.5 Å². The van der Waals surface area contributed by atoms with E-state index in [9.17, 15) is 13.2 Å². The summed E-state index contributed by atoms with van der Waals surface area (Å²) in [7, 11) is -1.56. The Morgan fingerprint density at radius 2 is 2.15 bits per heavy atom.